The highest BCUT2D eigenvalue weighted by Crippen LogP contribution is 2.17. The molecule has 0 fully saturated rings. The average Bonchev–Trinajstić information content (AvgIpc) is 2.05. The SMILES string of the molecule is CCC(C)OC(C)(CC)CNC. The van der Waals surface area contributed by atoms with Crippen molar-refractivity contribution in [1.82, 2.24) is 5.32 Å². The zero-order chi connectivity index (χ0) is 9.61. The van der Waals surface area contributed by atoms with Crippen LogP contribution in [0.5, 0.6) is 0 Å². The molecule has 0 aromatic heterocycles. The van der Waals surface area contributed by atoms with Crippen molar-refractivity contribution < 1.29 is 4.74 Å². The van der Waals surface area contributed by atoms with Gasteiger partial charge in [0.05, 0.1) is 11.7 Å². The van der Waals surface area contributed by atoms with Gasteiger partial charge in [0.15, 0.2) is 0 Å². The Bertz CT molecular complexity index is 116. The van der Waals surface area contributed by atoms with Crippen LogP contribution in [0.25, 0.3) is 0 Å². The maximum atomic E-state index is 5.91. The number of ether oxygens (including phenoxy) is 1. The van der Waals surface area contributed by atoms with Gasteiger partial charge < -0.3 is 10.1 Å². The lowest BCUT2D eigenvalue weighted by Gasteiger charge is -2.31. The molecule has 0 aliphatic rings. The number of hydrogen-bond donors (Lipinski definition) is 1. The second-order valence-electron chi connectivity index (χ2n) is 3.67. The Morgan fingerprint density at radius 2 is 2.00 bits per heavy atom. The summed E-state index contributed by atoms with van der Waals surface area (Å²) in [7, 11) is 1.97. The van der Waals surface area contributed by atoms with Crippen LogP contribution in [0.2, 0.25) is 0 Å². The van der Waals surface area contributed by atoms with Crippen LogP contribution in [0.1, 0.15) is 40.5 Å². The third-order valence-corrected chi connectivity index (χ3v) is 2.36. The molecule has 0 amide bonds. The van der Waals surface area contributed by atoms with E-state index in [2.05, 4.69) is 33.0 Å². The van der Waals surface area contributed by atoms with Gasteiger partial charge in [-0.3, -0.25) is 0 Å². The minimum atomic E-state index is 0.00414. The molecule has 0 saturated heterocycles. The molecule has 1 N–H and O–H groups in total. The molecule has 0 radical (unpaired) electrons. The van der Waals surface area contributed by atoms with E-state index in [1.165, 1.54) is 0 Å². The van der Waals surface area contributed by atoms with E-state index < -0.39 is 0 Å². The number of likely N-dealkylation sites (N-methyl/N-ethyl adjacent to an activating group) is 1. The van der Waals surface area contributed by atoms with Crippen LogP contribution in [-0.2, 0) is 4.74 Å². The molecule has 0 aliphatic carbocycles. The predicted molar refractivity (Wildman–Crippen MR) is 53.5 cm³/mol. The van der Waals surface area contributed by atoms with Gasteiger partial charge in [-0.1, -0.05) is 13.8 Å². The van der Waals surface area contributed by atoms with Crippen LogP contribution < -0.4 is 5.32 Å². The first-order chi connectivity index (χ1) is 5.58. The third kappa shape index (κ3) is 4.07. The van der Waals surface area contributed by atoms with Crippen LogP contribution in [0.3, 0.4) is 0 Å². The molecule has 12 heavy (non-hydrogen) atoms. The summed E-state index contributed by atoms with van der Waals surface area (Å²) in [4.78, 5) is 0. The van der Waals surface area contributed by atoms with E-state index >= 15 is 0 Å². The van der Waals surface area contributed by atoms with Crippen LogP contribution >= 0.6 is 0 Å². The van der Waals surface area contributed by atoms with E-state index in [1.54, 1.807) is 0 Å². The van der Waals surface area contributed by atoms with Crippen molar-refractivity contribution in [3.8, 4) is 0 Å². The summed E-state index contributed by atoms with van der Waals surface area (Å²) in [5.41, 5.74) is 0.00414. The maximum Gasteiger partial charge on any atom is 0.0779 e. The highest BCUT2D eigenvalue weighted by Gasteiger charge is 2.23. The second kappa shape index (κ2) is 5.55. The molecule has 2 atom stereocenters. The van der Waals surface area contributed by atoms with Gasteiger partial charge in [-0.2, -0.15) is 0 Å². The lowest BCUT2D eigenvalue weighted by atomic mass is 10.0. The molecule has 0 saturated carbocycles. The zero-order valence-corrected chi connectivity index (χ0v) is 9.11. The Morgan fingerprint density at radius 3 is 2.33 bits per heavy atom. The summed E-state index contributed by atoms with van der Waals surface area (Å²) >= 11 is 0. The first kappa shape index (κ1) is 11.9. The van der Waals surface area contributed by atoms with Gasteiger partial charge in [0.2, 0.25) is 0 Å². The Hall–Kier alpha value is -0.0800. The second-order valence-corrected chi connectivity index (χ2v) is 3.67. The lowest BCUT2D eigenvalue weighted by Crippen LogP contribution is -2.40. The summed E-state index contributed by atoms with van der Waals surface area (Å²) in [5.74, 6) is 0. The van der Waals surface area contributed by atoms with E-state index in [-0.39, 0.29) is 5.60 Å². The summed E-state index contributed by atoms with van der Waals surface area (Å²) in [6.07, 6.45) is 2.50. The van der Waals surface area contributed by atoms with Crippen molar-refractivity contribution in [3.05, 3.63) is 0 Å². The van der Waals surface area contributed by atoms with Crippen LogP contribution in [0.4, 0.5) is 0 Å². The van der Waals surface area contributed by atoms with Crippen LogP contribution in [0.15, 0.2) is 0 Å². The van der Waals surface area contributed by atoms with Crippen molar-refractivity contribution in [2.45, 2.75) is 52.2 Å². The Morgan fingerprint density at radius 1 is 1.42 bits per heavy atom. The maximum absolute atomic E-state index is 5.91. The monoisotopic (exact) mass is 173 g/mol. The van der Waals surface area contributed by atoms with Crippen LogP contribution in [0, 0.1) is 0 Å². The largest absolute Gasteiger partial charge is 0.371 e. The summed E-state index contributed by atoms with van der Waals surface area (Å²) in [6.45, 7) is 9.53. The minimum Gasteiger partial charge on any atom is -0.371 e. The number of nitrogens with one attached hydrogen (secondary N) is 1. The minimum absolute atomic E-state index is 0.00414. The number of rotatable bonds is 6. The van der Waals surface area contributed by atoms with E-state index in [0.717, 1.165) is 19.4 Å². The average molecular weight is 173 g/mol. The quantitative estimate of drug-likeness (QED) is 0.665. The Labute approximate surface area is 76.7 Å². The highest BCUT2D eigenvalue weighted by atomic mass is 16.5. The summed E-state index contributed by atoms with van der Waals surface area (Å²) in [5, 5.41) is 3.16. The topological polar surface area (TPSA) is 21.3 Å². The molecule has 2 unspecified atom stereocenters. The van der Waals surface area contributed by atoms with Gasteiger partial charge in [-0.05, 0) is 33.7 Å². The molecule has 2 nitrogen and oxygen atoms in total. The van der Waals surface area contributed by atoms with E-state index in [4.69, 9.17) is 4.74 Å². The molecule has 2 heteroatoms. The standard InChI is InChI=1S/C10H23NO/c1-6-9(3)12-10(4,7-2)8-11-5/h9,11H,6-8H2,1-5H3. The molecule has 0 rings (SSSR count). The van der Waals surface area contributed by atoms with Gasteiger partial charge in [-0.25, -0.2) is 0 Å². The fourth-order valence-electron chi connectivity index (χ4n) is 1.19. The summed E-state index contributed by atoms with van der Waals surface area (Å²) < 4.78 is 5.91. The molecule has 0 heterocycles. The van der Waals surface area contributed by atoms with Crippen molar-refractivity contribution in [2.75, 3.05) is 13.6 Å². The third-order valence-electron chi connectivity index (χ3n) is 2.36. The van der Waals surface area contributed by atoms with E-state index in [1.807, 2.05) is 7.05 Å². The molecule has 74 valence electrons. The smallest absolute Gasteiger partial charge is 0.0779 e. The van der Waals surface area contributed by atoms with Gasteiger partial charge in [0.25, 0.3) is 0 Å². The molecule has 0 aromatic carbocycles. The van der Waals surface area contributed by atoms with Crippen molar-refractivity contribution >= 4 is 0 Å². The first-order valence-corrected chi connectivity index (χ1v) is 4.90. The zero-order valence-electron chi connectivity index (χ0n) is 9.11. The van der Waals surface area contributed by atoms with E-state index in [0.29, 0.717) is 6.10 Å². The molecular formula is C10H23NO. The summed E-state index contributed by atoms with van der Waals surface area (Å²) in [6, 6.07) is 0. The fraction of sp³-hybridized carbons (Fsp3) is 1.00. The predicted octanol–water partition coefficient (Wildman–Crippen LogP) is 2.19. The van der Waals surface area contributed by atoms with E-state index in [9.17, 15) is 0 Å². The normalized spacial score (nSPS) is 18.8. The molecule has 0 bridgehead atoms. The van der Waals surface area contributed by atoms with Crippen molar-refractivity contribution in [3.63, 3.8) is 0 Å². The lowest BCUT2D eigenvalue weighted by molar-refractivity contribution is -0.0760. The van der Waals surface area contributed by atoms with Gasteiger partial charge in [0.1, 0.15) is 0 Å². The molecular weight excluding hydrogens is 150 g/mol. The Balaban J connectivity index is 3.94. The molecule has 0 spiro atoms. The van der Waals surface area contributed by atoms with Crippen molar-refractivity contribution in [2.24, 2.45) is 0 Å². The molecule has 0 aliphatic heterocycles. The Kier molecular flexibility index (Phi) is 5.51. The molecule has 0 aromatic rings. The van der Waals surface area contributed by atoms with Gasteiger partial charge in [0, 0.05) is 6.54 Å². The van der Waals surface area contributed by atoms with Crippen LogP contribution in [-0.4, -0.2) is 25.3 Å². The first-order valence-electron chi connectivity index (χ1n) is 4.90. The van der Waals surface area contributed by atoms with Crippen molar-refractivity contribution in [1.29, 1.82) is 0 Å². The van der Waals surface area contributed by atoms with Gasteiger partial charge in [-0.15, -0.1) is 0 Å². The fourth-order valence-corrected chi connectivity index (χ4v) is 1.19. The highest BCUT2D eigenvalue weighted by molar-refractivity contribution is 4.76. The number of hydrogen-bond acceptors (Lipinski definition) is 2. The van der Waals surface area contributed by atoms with Gasteiger partial charge >= 0.3 is 0 Å².